The number of hydrogen-bond acceptors (Lipinski definition) is 4. The summed E-state index contributed by atoms with van der Waals surface area (Å²) < 4.78 is 40.5. The van der Waals surface area contributed by atoms with Crippen molar-refractivity contribution in [3.05, 3.63) is 41.3 Å². The number of carbonyl (C=O) groups is 1. The van der Waals surface area contributed by atoms with Crippen LogP contribution in [0, 0.1) is 0 Å². The minimum absolute atomic E-state index is 0.211. The van der Waals surface area contributed by atoms with Gasteiger partial charge < -0.3 is 15.6 Å². The zero-order valence-electron chi connectivity index (χ0n) is 11.1. The molecule has 1 unspecified atom stereocenters. The Morgan fingerprint density at radius 2 is 2.05 bits per heavy atom. The summed E-state index contributed by atoms with van der Waals surface area (Å²) in [5.74, 6) is -1.32. The minimum atomic E-state index is -4.75. The zero-order valence-corrected chi connectivity index (χ0v) is 11.9. The lowest BCUT2D eigenvalue weighted by Crippen LogP contribution is -2.17. The van der Waals surface area contributed by atoms with Gasteiger partial charge in [0.05, 0.1) is 6.42 Å². The van der Waals surface area contributed by atoms with Gasteiger partial charge in [0.25, 0.3) is 0 Å². The standard InChI is InChI=1S/C14H12F3NO3S/c15-14(16,17)21-9-3-1-2-8(6-9)11-4-5-12(22-11)10(18)7-13(19)20/h1-6,10H,7,18H2,(H,19,20). The van der Waals surface area contributed by atoms with Crippen LogP contribution in [-0.2, 0) is 4.79 Å². The van der Waals surface area contributed by atoms with E-state index in [0.717, 1.165) is 0 Å². The third-order valence-corrected chi connectivity index (χ3v) is 4.01. The summed E-state index contributed by atoms with van der Waals surface area (Å²) in [5, 5.41) is 8.72. The average molecular weight is 331 g/mol. The summed E-state index contributed by atoms with van der Waals surface area (Å²) >= 11 is 1.24. The Kier molecular flexibility index (Phi) is 4.72. The van der Waals surface area contributed by atoms with Crippen LogP contribution < -0.4 is 10.5 Å². The third kappa shape index (κ3) is 4.47. The molecule has 0 spiro atoms. The number of ether oxygens (including phenoxy) is 1. The lowest BCUT2D eigenvalue weighted by atomic mass is 10.1. The fourth-order valence-electron chi connectivity index (χ4n) is 1.84. The van der Waals surface area contributed by atoms with Gasteiger partial charge in [0, 0.05) is 15.8 Å². The molecule has 1 aromatic heterocycles. The number of thiophene rings is 1. The van der Waals surface area contributed by atoms with E-state index in [1.165, 1.54) is 29.5 Å². The van der Waals surface area contributed by atoms with E-state index in [1.807, 2.05) is 0 Å². The van der Waals surface area contributed by atoms with Crippen molar-refractivity contribution >= 4 is 17.3 Å². The van der Waals surface area contributed by atoms with E-state index < -0.39 is 18.4 Å². The van der Waals surface area contributed by atoms with E-state index in [2.05, 4.69) is 4.74 Å². The van der Waals surface area contributed by atoms with Crippen LogP contribution in [0.4, 0.5) is 13.2 Å². The van der Waals surface area contributed by atoms with Gasteiger partial charge in [-0.2, -0.15) is 0 Å². The second kappa shape index (κ2) is 6.37. The maximum atomic E-state index is 12.2. The molecule has 2 aromatic rings. The summed E-state index contributed by atoms with van der Waals surface area (Å²) in [6, 6.07) is 8.28. The normalized spacial score (nSPS) is 12.9. The minimum Gasteiger partial charge on any atom is -0.481 e. The van der Waals surface area contributed by atoms with Crippen LogP contribution in [-0.4, -0.2) is 17.4 Å². The van der Waals surface area contributed by atoms with Gasteiger partial charge in [0.15, 0.2) is 0 Å². The van der Waals surface area contributed by atoms with Crippen LogP contribution in [0.25, 0.3) is 10.4 Å². The first-order valence-corrected chi connectivity index (χ1v) is 6.99. The zero-order chi connectivity index (χ0) is 16.3. The van der Waals surface area contributed by atoms with Crippen molar-refractivity contribution in [2.45, 2.75) is 18.8 Å². The molecule has 0 aliphatic rings. The highest BCUT2D eigenvalue weighted by Crippen LogP contribution is 2.34. The molecular formula is C14H12F3NO3S. The molecule has 0 saturated carbocycles. The summed E-state index contributed by atoms with van der Waals surface area (Å²) in [5.41, 5.74) is 6.30. The monoisotopic (exact) mass is 331 g/mol. The van der Waals surface area contributed by atoms with E-state index >= 15 is 0 Å². The van der Waals surface area contributed by atoms with Gasteiger partial charge in [0.1, 0.15) is 5.75 Å². The van der Waals surface area contributed by atoms with Crippen molar-refractivity contribution in [2.75, 3.05) is 0 Å². The van der Waals surface area contributed by atoms with Gasteiger partial charge >= 0.3 is 12.3 Å². The van der Waals surface area contributed by atoms with Crippen molar-refractivity contribution in [3.63, 3.8) is 0 Å². The second-order valence-corrected chi connectivity index (χ2v) is 5.60. The third-order valence-electron chi connectivity index (χ3n) is 2.74. The van der Waals surface area contributed by atoms with E-state index in [4.69, 9.17) is 10.8 Å². The number of aliphatic carboxylic acids is 1. The van der Waals surface area contributed by atoms with E-state index in [0.29, 0.717) is 15.3 Å². The van der Waals surface area contributed by atoms with Gasteiger partial charge in [-0.15, -0.1) is 24.5 Å². The van der Waals surface area contributed by atoms with Gasteiger partial charge in [-0.25, -0.2) is 0 Å². The Morgan fingerprint density at radius 1 is 1.32 bits per heavy atom. The Bertz CT molecular complexity index is 669. The second-order valence-electron chi connectivity index (χ2n) is 4.48. The van der Waals surface area contributed by atoms with E-state index in [-0.39, 0.29) is 12.2 Å². The molecule has 0 saturated heterocycles. The topological polar surface area (TPSA) is 72.6 Å². The number of benzene rings is 1. The molecule has 0 fully saturated rings. The molecule has 3 N–H and O–H groups in total. The first-order chi connectivity index (χ1) is 10.2. The summed E-state index contributed by atoms with van der Waals surface area (Å²) in [6.07, 6.45) is -4.96. The van der Waals surface area contributed by atoms with Crippen molar-refractivity contribution in [1.82, 2.24) is 0 Å². The van der Waals surface area contributed by atoms with Gasteiger partial charge in [-0.1, -0.05) is 12.1 Å². The quantitative estimate of drug-likeness (QED) is 0.874. The molecule has 22 heavy (non-hydrogen) atoms. The van der Waals surface area contributed by atoms with Crippen LogP contribution in [0.1, 0.15) is 17.3 Å². The number of carboxylic acid groups (broad SMARTS) is 1. The molecule has 0 aliphatic heterocycles. The molecule has 1 aromatic carbocycles. The number of rotatable bonds is 5. The molecule has 118 valence electrons. The highest BCUT2D eigenvalue weighted by Gasteiger charge is 2.31. The van der Waals surface area contributed by atoms with Crippen molar-refractivity contribution in [1.29, 1.82) is 0 Å². The van der Waals surface area contributed by atoms with Gasteiger partial charge in [-0.05, 0) is 29.8 Å². The van der Waals surface area contributed by atoms with Crippen molar-refractivity contribution in [2.24, 2.45) is 5.73 Å². The Balaban J connectivity index is 2.20. The molecule has 0 aliphatic carbocycles. The summed E-state index contributed by atoms with van der Waals surface area (Å²) in [6.45, 7) is 0. The predicted octanol–water partition coefficient (Wildman–Crippen LogP) is 3.79. The van der Waals surface area contributed by atoms with E-state index in [1.54, 1.807) is 18.2 Å². The van der Waals surface area contributed by atoms with Crippen LogP contribution in [0.3, 0.4) is 0 Å². The first kappa shape index (κ1) is 16.3. The van der Waals surface area contributed by atoms with Crippen LogP contribution in [0.15, 0.2) is 36.4 Å². The van der Waals surface area contributed by atoms with Gasteiger partial charge in [-0.3, -0.25) is 4.79 Å². The number of halogens is 3. The Labute approximate surface area is 127 Å². The molecule has 8 heteroatoms. The predicted molar refractivity (Wildman–Crippen MR) is 75.6 cm³/mol. The highest BCUT2D eigenvalue weighted by molar-refractivity contribution is 7.15. The molecule has 2 rings (SSSR count). The van der Waals surface area contributed by atoms with Gasteiger partial charge in [0.2, 0.25) is 0 Å². The maximum absolute atomic E-state index is 12.2. The molecular weight excluding hydrogens is 319 g/mol. The Morgan fingerprint density at radius 3 is 2.68 bits per heavy atom. The molecule has 4 nitrogen and oxygen atoms in total. The molecule has 0 amide bonds. The molecule has 1 heterocycles. The summed E-state index contributed by atoms with van der Waals surface area (Å²) in [4.78, 5) is 12.0. The number of nitrogens with two attached hydrogens (primary N) is 1. The highest BCUT2D eigenvalue weighted by atomic mass is 32.1. The Hall–Kier alpha value is -2.06. The summed E-state index contributed by atoms with van der Waals surface area (Å²) in [7, 11) is 0. The van der Waals surface area contributed by atoms with Crippen LogP contribution in [0.2, 0.25) is 0 Å². The smallest absolute Gasteiger partial charge is 0.481 e. The van der Waals surface area contributed by atoms with Crippen molar-refractivity contribution < 1.29 is 27.8 Å². The molecule has 1 atom stereocenters. The lowest BCUT2D eigenvalue weighted by molar-refractivity contribution is -0.274. The van der Waals surface area contributed by atoms with E-state index in [9.17, 15) is 18.0 Å². The largest absolute Gasteiger partial charge is 0.573 e. The SMILES string of the molecule is NC(CC(=O)O)c1ccc(-c2cccc(OC(F)(F)F)c2)s1. The fraction of sp³-hybridized carbons (Fsp3) is 0.214. The lowest BCUT2D eigenvalue weighted by Gasteiger charge is -2.09. The van der Waals surface area contributed by atoms with Crippen LogP contribution >= 0.6 is 11.3 Å². The maximum Gasteiger partial charge on any atom is 0.573 e. The number of carboxylic acids is 1. The number of hydrogen-bond donors (Lipinski definition) is 2. The van der Waals surface area contributed by atoms with Crippen LogP contribution in [0.5, 0.6) is 5.75 Å². The fourth-order valence-corrected chi connectivity index (χ4v) is 2.85. The first-order valence-electron chi connectivity index (χ1n) is 6.18. The molecule has 0 bridgehead atoms. The van der Waals surface area contributed by atoms with Crippen molar-refractivity contribution in [3.8, 4) is 16.2 Å². The number of alkyl halides is 3. The average Bonchev–Trinajstić information content (AvgIpc) is 2.85. The molecule has 0 radical (unpaired) electrons.